The Morgan fingerprint density at radius 3 is 2.67 bits per heavy atom. The second kappa shape index (κ2) is 7.04. The quantitative estimate of drug-likeness (QED) is 0.848. The molecule has 0 aliphatic heterocycles. The van der Waals surface area contributed by atoms with Crippen LogP contribution >= 0.6 is 11.3 Å². The SMILES string of the molecule is COc1cccc([C@@H](CNS(=O)(=O)c2cccs2)OC)c1. The molecule has 0 bridgehead atoms. The number of hydrogen-bond donors (Lipinski definition) is 1. The number of thiophene rings is 1. The van der Waals surface area contributed by atoms with Crippen LogP contribution in [0, 0.1) is 0 Å². The summed E-state index contributed by atoms with van der Waals surface area (Å²) in [6, 6.07) is 10.6. The third-order valence-corrected chi connectivity index (χ3v) is 5.79. The fraction of sp³-hybridized carbons (Fsp3) is 0.286. The smallest absolute Gasteiger partial charge is 0.250 e. The molecular formula is C14H17NO4S2. The number of benzene rings is 1. The highest BCUT2D eigenvalue weighted by Gasteiger charge is 2.19. The van der Waals surface area contributed by atoms with Crippen LogP contribution in [-0.2, 0) is 14.8 Å². The number of ether oxygens (including phenoxy) is 2. The van der Waals surface area contributed by atoms with Crippen LogP contribution in [0.15, 0.2) is 46.0 Å². The van der Waals surface area contributed by atoms with Crippen molar-refractivity contribution in [2.24, 2.45) is 0 Å². The molecule has 1 aromatic carbocycles. The Labute approximate surface area is 128 Å². The van der Waals surface area contributed by atoms with Gasteiger partial charge in [0, 0.05) is 13.7 Å². The Balaban J connectivity index is 2.09. The van der Waals surface area contributed by atoms with Gasteiger partial charge in [-0.2, -0.15) is 0 Å². The summed E-state index contributed by atoms with van der Waals surface area (Å²) in [5, 5.41) is 1.73. The summed E-state index contributed by atoms with van der Waals surface area (Å²) in [5.74, 6) is 0.704. The molecule has 2 rings (SSSR count). The zero-order valence-electron chi connectivity index (χ0n) is 11.8. The van der Waals surface area contributed by atoms with Crippen molar-refractivity contribution in [1.29, 1.82) is 0 Å². The van der Waals surface area contributed by atoms with E-state index in [0.29, 0.717) is 9.96 Å². The average molecular weight is 327 g/mol. The highest BCUT2D eigenvalue weighted by atomic mass is 32.2. The first-order chi connectivity index (χ1) is 10.1. The summed E-state index contributed by atoms with van der Waals surface area (Å²) in [7, 11) is -0.360. The Kier molecular flexibility index (Phi) is 5.35. The molecule has 2 aromatic rings. The minimum absolute atomic E-state index is 0.157. The number of nitrogens with one attached hydrogen (secondary N) is 1. The van der Waals surface area contributed by atoms with E-state index in [9.17, 15) is 8.42 Å². The minimum atomic E-state index is -3.49. The maximum Gasteiger partial charge on any atom is 0.250 e. The van der Waals surface area contributed by atoms with Crippen LogP contribution < -0.4 is 9.46 Å². The molecule has 1 N–H and O–H groups in total. The lowest BCUT2D eigenvalue weighted by atomic mass is 10.1. The fourth-order valence-electron chi connectivity index (χ4n) is 1.85. The molecule has 0 aliphatic carbocycles. The molecule has 114 valence electrons. The van der Waals surface area contributed by atoms with Gasteiger partial charge in [0.1, 0.15) is 9.96 Å². The van der Waals surface area contributed by atoms with Crippen LogP contribution in [0.5, 0.6) is 5.75 Å². The molecule has 7 heteroatoms. The minimum Gasteiger partial charge on any atom is -0.497 e. The summed E-state index contributed by atoms with van der Waals surface area (Å²) in [4.78, 5) is 0. The van der Waals surface area contributed by atoms with Gasteiger partial charge in [-0.1, -0.05) is 18.2 Å². The molecule has 1 atom stereocenters. The lowest BCUT2D eigenvalue weighted by Gasteiger charge is -2.17. The van der Waals surface area contributed by atoms with Crippen LogP contribution in [-0.4, -0.2) is 29.2 Å². The van der Waals surface area contributed by atoms with Gasteiger partial charge in [-0.3, -0.25) is 0 Å². The van der Waals surface area contributed by atoms with Crippen molar-refractivity contribution in [3.63, 3.8) is 0 Å². The molecule has 1 aromatic heterocycles. The van der Waals surface area contributed by atoms with Gasteiger partial charge < -0.3 is 9.47 Å². The largest absolute Gasteiger partial charge is 0.497 e. The lowest BCUT2D eigenvalue weighted by molar-refractivity contribution is 0.107. The van der Waals surface area contributed by atoms with Crippen molar-refractivity contribution in [2.45, 2.75) is 10.3 Å². The van der Waals surface area contributed by atoms with Crippen molar-refractivity contribution in [3.8, 4) is 5.75 Å². The standard InChI is InChI=1S/C14H17NO4S2/c1-18-12-6-3-5-11(9-12)13(19-2)10-15-21(16,17)14-7-4-8-20-14/h3-9,13,15H,10H2,1-2H3/t13-/m1/s1. The number of hydrogen-bond acceptors (Lipinski definition) is 5. The molecule has 1 heterocycles. The zero-order chi connectivity index (χ0) is 15.3. The first kappa shape index (κ1) is 16.0. The fourth-order valence-corrected chi connectivity index (χ4v) is 3.92. The summed E-state index contributed by atoms with van der Waals surface area (Å²) in [6.45, 7) is 0.157. The highest BCUT2D eigenvalue weighted by molar-refractivity contribution is 7.91. The summed E-state index contributed by atoms with van der Waals surface area (Å²) in [6.07, 6.45) is -0.380. The topological polar surface area (TPSA) is 64.6 Å². The van der Waals surface area contributed by atoms with Crippen LogP contribution in [0.1, 0.15) is 11.7 Å². The van der Waals surface area contributed by atoms with Gasteiger partial charge in [0.25, 0.3) is 0 Å². The monoisotopic (exact) mass is 327 g/mol. The molecule has 0 fully saturated rings. The Hall–Kier alpha value is -1.41. The second-order valence-electron chi connectivity index (χ2n) is 4.28. The molecule has 0 spiro atoms. The maximum atomic E-state index is 12.1. The van der Waals surface area contributed by atoms with E-state index in [1.807, 2.05) is 24.3 Å². The zero-order valence-corrected chi connectivity index (χ0v) is 13.4. The van der Waals surface area contributed by atoms with E-state index in [0.717, 1.165) is 5.56 Å². The van der Waals surface area contributed by atoms with E-state index >= 15 is 0 Å². The molecule has 5 nitrogen and oxygen atoms in total. The second-order valence-corrected chi connectivity index (χ2v) is 7.23. The average Bonchev–Trinajstić information content (AvgIpc) is 3.03. The van der Waals surface area contributed by atoms with E-state index < -0.39 is 10.0 Å². The normalized spacial score (nSPS) is 13.0. The third-order valence-electron chi connectivity index (χ3n) is 2.97. The van der Waals surface area contributed by atoms with Crippen LogP contribution in [0.25, 0.3) is 0 Å². The first-order valence-corrected chi connectivity index (χ1v) is 8.63. The molecular weight excluding hydrogens is 310 g/mol. The van der Waals surface area contributed by atoms with Crippen LogP contribution in [0.2, 0.25) is 0 Å². The van der Waals surface area contributed by atoms with E-state index in [1.54, 1.807) is 31.7 Å². The van der Waals surface area contributed by atoms with Crippen molar-refractivity contribution in [1.82, 2.24) is 4.72 Å². The van der Waals surface area contributed by atoms with Gasteiger partial charge in [-0.05, 0) is 29.1 Å². The van der Waals surface area contributed by atoms with Gasteiger partial charge in [0.15, 0.2) is 0 Å². The molecule has 0 radical (unpaired) electrons. The van der Waals surface area contributed by atoms with Gasteiger partial charge >= 0.3 is 0 Å². The number of rotatable bonds is 7. The lowest BCUT2D eigenvalue weighted by Crippen LogP contribution is -2.28. The maximum absolute atomic E-state index is 12.1. The van der Waals surface area contributed by atoms with Gasteiger partial charge in [0.2, 0.25) is 10.0 Å². The summed E-state index contributed by atoms with van der Waals surface area (Å²) in [5.41, 5.74) is 0.853. The molecule has 21 heavy (non-hydrogen) atoms. The van der Waals surface area contributed by atoms with Crippen LogP contribution in [0.4, 0.5) is 0 Å². The predicted octanol–water partition coefficient (Wildman–Crippen LogP) is 2.42. The Morgan fingerprint density at radius 2 is 2.05 bits per heavy atom. The van der Waals surface area contributed by atoms with Crippen LogP contribution in [0.3, 0.4) is 0 Å². The van der Waals surface area contributed by atoms with Gasteiger partial charge in [-0.25, -0.2) is 13.1 Å². The highest BCUT2D eigenvalue weighted by Crippen LogP contribution is 2.22. The molecule has 0 aliphatic rings. The number of sulfonamides is 1. The van der Waals surface area contributed by atoms with Crippen molar-refractivity contribution in [3.05, 3.63) is 47.3 Å². The summed E-state index contributed by atoms with van der Waals surface area (Å²) >= 11 is 1.18. The van der Waals surface area contributed by atoms with Crippen molar-refractivity contribution in [2.75, 3.05) is 20.8 Å². The Bertz CT molecular complexity index is 668. The molecule has 0 unspecified atom stereocenters. The van der Waals surface area contributed by atoms with E-state index in [2.05, 4.69) is 4.72 Å². The van der Waals surface area contributed by atoms with Crippen molar-refractivity contribution < 1.29 is 17.9 Å². The summed E-state index contributed by atoms with van der Waals surface area (Å²) < 4.78 is 37.6. The molecule has 0 amide bonds. The van der Waals surface area contributed by atoms with Crippen molar-refractivity contribution >= 4 is 21.4 Å². The van der Waals surface area contributed by atoms with E-state index in [-0.39, 0.29) is 12.6 Å². The molecule has 0 saturated carbocycles. The van der Waals surface area contributed by atoms with E-state index in [1.165, 1.54) is 11.3 Å². The molecule has 0 saturated heterocycles. The number of methoxy groups -OCH3 is 2. The predicted molar refractivity (Wildman–Crippen MR) is 82.3 cm³/mol. The first-order valence-electron chi connectivity index (χ1n) is 6.26. The Morgan fingerprint density at radius 1 is 1.24 bits per heavy atom. The third kappa shape index (κ3) is 4.04. The van der Waals surface area contributed by atoms with Gasteiger partial charge in [-0.15, -0.1) is 11.3 Å². The van der Waals surface area contributed by atoms with E-state index in [4.69, 9.17) is 9.47 Å². The van der Waals surface area contributed by atoms with Gasteiger partial charge in [0.05, 0.1) is 13.2 Å².